The molecular weight excluding hydrogens is 202 g/mol. The molecule has 1 aliphatic carbocycles. The number of aliphatic hydroxyl groups is 1. The first-order valence-electron chi connectivity index (χ1n) is 6.73. The fourth-order valence-corrected chi connectivity index (χ4v) is 2.59. The molecule has 1 rings (SSSR count). The molecule has 2 unspecified atom stereocenters. The molecule has 0 aromatic rings. The van der Waals surface area contributed by atoms with Crippen molar-refractivity contribution in [1.82, 2.24) is 0 Å². The van der Waals surface area contributed by atoms with E-state index in [1.165, 1.54) is 12.8 Å². The molecule has 2 atom stereocenters. The minimum Gasteiger partial charge on any atom is -0.388 e. The van der Waals surface area contributed by atoms with Crippen LogP contribution in [0.1, 0.15) is 51.9 Å². The highest BCUT2D eigenvalue weighted by Crippen LogP contribution is 2.36. The zero-order valence-electron chi connectivity index (χ0n) is 10.6. The monoisotopic (exact) mass is 229 g/mol. The molecule has 96 valence electrons. The zero-order valence-corrected chi connectivity index (χ0v) is 10.6. The molecule has 16 heavy (non-hydrogen) atoms. The van der Waals surface area contributed by atoms with Gasteiger partial charge in [0.2, 0.25) is 0 Å². The molecule has 1 saturated carbocycles. The van der Waals surface area contributed by atoms with E-state index in [0.29, 0.717) is 12.5 Å². The summed E-state index contributed by atoms with van der Waals surface area (Å²) in [6.45, 7) is 4.23. The Morgan fingerprint density at radius 1 is 1.38 bits per heavy atom. The van der Waals surface area contributed by atoms with Gasteiger partial charge < -0.3 is 15.6 Å². The van der Waals surface area contributed by atoms with Gasteiger partial charge in [-0.05, 0) is 31.6 Å². The number of ether oxygens (including phenoxy) is 1. The average molecular weight is 229 g/mol. The average Bonchev–Trinajstić information content (AvgIpc) is 2.66. The maximum atomic E-state index is 10.2. The van der Waals surface area contributed by atoms with Crippen LogP contribution in [0.15, 0.2) is 0 Å². The van der Waals surface area contributed by atoms with Crippen LogP contribution in [0.25, 0.3) is 0 Å². The van der Waals surface area contributed by atoms with E-state index in [-0.39, 0.29) is 0 Å². The quantitative estimate of drug-likeness (QED) is 0.626. The van der Waals surface area contributed by atoms with Gasteiger partial charge in [0.05, 0.1) is 5.60 Å². The summed E-state index contributed by atoms with van der Waals surface area (Å²) in [4.78, 5) is 0. The Morgan fingerprint density at radius 3 is 2.88 bits per heavy atom. The predicted octanol–water partition coefficient (Wildman–Crippen LogP) is 2.07. The summed E-state index contributed by atoms with van der Waals surface area (Å²) in [6, 6.07) is 0. The Morgan fingerprint density at radius 2 is 2.19 bits per heavy atom. The highest BCUT2D eigenvalue weighted by molar-refractivity contribution is 4.92. The van der Waals surface area contributed by atoms with Gasteiger partial charge in [0.1, 0.15) is 0 Å². The topological polar surface area (TPSA) is 55.5 Å². The molecule has 3 nitrogen and oxygen atoms in total. The fourth-order valence-electron chi connectivity index (χ4n) is 2.59. The van der Waals surface area contributed by atoms with Crippen LogP contribution < -0.4 is 5.73 Å². The first-order chi connectivity index (χ1) is 7.73. The van der Waals surface area contributed by atoms with Crippen molar-refractivity contribution in [3.63, 3.8) is 0 Å². The summed E-state index contributed by atoms with van der Waals surface area (Å²) in [5.41, 5.74) is 5.03. The molecule has 0 saturated heterocycles. The van der Waals surface area contributed by atoms with Crippen LogP contribution >= 0.6 is 0 Å². The van der Waals surface area contributed by atoms with E-state index >= 15 is 0 Å². The fraction of sp³-hybridized carbons (Fsp3) is 1.00. The molecule has 0 amide bonds. The van der Waals surface area contributed by atoms with Gasteiger partial charge in [0.15, 0.2) is 0 Å². The molecular formula is C13H27NO2. The Labute approximate surface area is 99.4 Å². The Bertz CT molecular complexity index is 187. The maximum absolute atomic E-state index is 10.2. The summed E-state index contributed by atoms with van der Waals surface area (Å²) >= 11 is 0. The zero-order chi connectivity index (χ0) is 11.9. The molecule has 1 fully saturated rings. The summed E-state index contributed by atoms with van der Waals surface area (Å²) in [7, 11) is 0. The molecule has 0 radical (unpaired) electrons. The lowest BCUT2D eigenvalue weighted by molar-refractivity contribution is -0.00448. The molecule has 0 aromatic carbocycles. The Kier molecular flexibility index (Phi) is 6.32. The van der Waals surface area contributed by atoms with Crippen molar-refractivity contribution in [2.45, 2.75) is 57.5 Å². The van der Waals surface area contributed by atoms with Crippen LogP contribution in [-0.2, 0) is 4.74 Å². The van der Waals surface area contributed by atoms with Crippen LogP contribution in [0.3, 0.4) is 0 Å². The molecule has 0 heterocycles. The van der Waals surface area contributed by atoms with Crippen molar-refractivity contribution in [3.05, 3.63) is 0 Å². The van der Waals surface area contributed by atoms with Gasteiger partial charge in [-0.1, -0.05) is 26.2 Å². The first-order valence-corrected chi connectivity index (χ1v) is 6.73. The lowest BCUT2D eigenvalue weighted by Gasteiger charge is -2.28. The smallest absolute Gasteiger partial charge is 0.0798 e. The second-order valence-corrected chi connectivity index (χ2v) is 5.01. The van der Waals surface area contributed by atoms with E-state index in [2.05, 4.69) is 6.92 Å². The molecule has 3 N–H and O–H groups in total. The highest BCUT2D eigenvalue weighted by atomic mass is 16.5. The van der Waals surface area contributed by atoms with Crippen LogP contribution in [0.5, 0.6) is 0 Å². The van der Waals surface area contributed by atoms with E-state index in [0.717, 1.165) is 45.3 Å². The SMILES string of the molecule is CCCCCOCCC1CCCC1(O)CN. The standard InChI is InChI=1S/C13H27NO2/c1-2-3-4-9-16-10-7-12-6-5-8-13(12,15)11-14/h12,15H,2-11,14H2,1H3. The van der Waals surface area contributed by atoms with Gasteiger partial charge >= 0.3 is 0 Å². The van der Waals surface area contributed by atoms with E-state index in [1.54, 1.807) is 0 Å². The molecule has 0 aromatic heterocycles. The molecule has 0 bridgehead atoms. The number of hydrogen-bond acceptors (Lipinski definition) is 3. The number of hydrogen-bond donors (Lipinski definition) is 2. The highest BCUT2D eigenvalue weighted by Gasteiger charge is 2.39. The van der Waals surface area contributed by atoms with Crippen molar-refractivity contribution < 1.29 is 9.84 Å². The number of unbranched alkanes of at least 4 members (excludes halogenated alkanes) is 2. The molecule has 0 aliphatic heterocycles. The van der Waals surface area contributed by atoms with Crippen molar-refractivity contribution in [2.24, 2.45) is 11.7 Å². The second kappa shape index (κ2) is 7.25. The van der Waals surface area contributed by atoms with Crippen molar-refractivity contribution in [2.75, 3.05) is 19.8 Å². The second-order valence-electron chi connectivity index (χ2n) is 5.01. The van der Waals surface area contributed by atoms with Crippen molar-refractivity contribution >= 4 is 0 Å². The van der Waals surface area contributed by atoms with Crippen LogP contribution in [0, 0.1) is 5.92 Å². The number of nitrogens with two attached hydrogens (primary N) is 1. The lowest BCUT2D eigenvalue weighted by atomic mass is 9.88. The van der Waals surface area contributed by atoms with E-state index in [4.69, 9.17) is 10.5 Å². The van der Waals surface area contributed by atoms with Gasteiger partial charge in [0, 0.05) is 19.8 Å². The third-order valence-corrected chi connectivity index (χ3v) is 3.78. The third kappa shape index (κ3) is 4.04. The maximum Gasteiger partial charge on any atom is 0.0798 e. The normalized spacial score (nSPS) is 29.8. The minimum atomic E-state index is -0.604. The van der Waals surface area contributed by atoms with Gasteiger partial charge in [-0.3, -0.25) is 0 Å². The minimum absolute atomic E-state index is 0.351. The van der Waals surface area contributed by atoms with E-state index < -0.39 is 5.60 Å². The Balaban J connectivity index is 2.08. The van der Waals surface area contributed by atoms with Crippen molar-refractivity contribution in [3.8, 4) is 0 Å². The van der Waals surface area contributed by atoms with Gasteiger partial charge in [0.25, 0.3) is 0 Å². The summed E-state index contributed by atoms with van der Waals surface area (Å²) < 4.78 is 5.58. The van der Waals surface area contributed by atoms with Gasteiger partial charge in [-0.25, -0.2) is 0 Å². The molecule has 3 heteroatoms. The van der Waals surface area contributed by atoms with Crippen LogP contribution in [0.2, 0.25) is 0 Å². The van der Waals surface area contributed by atoms with Crippen LogP contribution in [0.4, 0.5) is 0 Å². The van der Waals surface area contributed by atoms with Gasteiger partial charge in [-0.15, -0.1) is 0 Å². The predicted molar refractivity (Wildman–Crippen MR) is 66.3 cm³/mol. The largest absolute Gasteiger partial charge is 0.388 e. The summed E-state index contributed by atoms with van der Waals surface area (Å²) in [6.07, 6.45) is 7.67. The summed E-state index contributed by atoms with van der Waals surface area (Å²) in [5, 5.41) is 10.2. The van der Waals surface area contributed by atoms with Crippen molar-refractivity contribution in [1.29, 1.82) is 0 Å². The third-order valence-electron chi connectivity index (χ3n) is 3.78. The van der Waals surface area contributed by atoms with E-state index in [9.17, 15) is 5.11 Å². The molecule has 0 spiro atoms. The van der Waals surface area contributed by atoms with E-state index in [1.807, 2.05) is 0 Å². The number of rotatable bonds is 8. The summed E-state index contributed by atoms with van der Waals surface area (Å²) in [5.74, 6) is 0.351. The molecule has 1 aliphatic rings. The Hall–Kier alpha value is -0.120. The first kappa shape index (κ1) is 13.9. The lowest BCUT2D eigenvalue weighted by Crippen LogP contribution is -2.41. The van der Waals surface area contributed by atoms with Gasteiger partial charge in [-0.2, -0.15) is 0 Å². The van der Waals surface area contributed by atoms with Crippen LogP contribution in [-0.4, -0.2) is 30.5 Å².